The molecule has 0 bridgehead atoms. The topological polar surface area (TPSA) is 29.5 Å². The minimum Gasteiger partial charge on any atom is -0.368 e. The van der Waals surface area contributed by atoms with Crippen molar-refractivity contribution in [2.24, 2.45) is 0 Å². The lowest BCUT2D eigenvalue weighted by Gasteiger charge is -2.42. The van der Waals surface area contributed by atoms with Gasteiger partial charge in [0.05, 0.1) is 17.3 Å². The van der Waals surface area contributed by atoms with Crippen molar-refractivity contribution in [2.45, 2.75) is 25.6 Å². The molecule has 1 saturated heterocycles. The van der Waals surface area contributed by atoms with Crippen molar-refractivity contribution in [3.05, 3.63) is 35.2 Å². The zero-order chi connectivity index (χ0) is 15.0. The Morgan fingerprint density at radius 2 is 2.24 bits per heavy atom. The largest absolute Gasteiger partial charge is 0.368 e. The number of carbonyl (C=O) groups is 1. The first-order valence-electron chi connectivity index (χ1n) is 6.99. The van der Waals surface area contributed by atoms with Gasteiger partial charge in [-0.05, 0) is 19.9 Å². The third-order valence-electron chi connectivity index (χ3n) is 3.65. The van der Waals surface area contributed by atoms with Crippen LogP contribution in [0.15, 0.2) is 29.6 Å². The summed E-state index contributed by atoms with van der Waals surface area (Å²) in [6.07, 6.45) is 0.0441. The van der Waals surface area contributed by atoms with Gasteiger partial charge in [-0.2, -0.15) is 0 Å². The molecule has 0 aliphatic carbocycles. The highest BCUT2D eigenvalue weighted by Crippen LogP contribution is 2.29. The van der Waals surface area contributed by atoms with Gasteiger partial charge >= 0.3 is 0 Å². The van der Waals surface area contributed by atoms with Crippen LogP contribution in [0.3, 0.4) is 0 Å². The summed E-state index contributed by atoms with van der Waals surface area (Å²) in [5.74, 6) is 0.106. The van der Waals surface area contributed by atoms with Crippen LogP contribution in [0.1, 0.15) is 24.2 Å². The molecule has 5 heteroatoms. The van der Waals surface area contributed by atoms with Crippen LogP contribution in [-0.2, 0) is 4.74 Å². The molecule has 0 saturated carbocycles. The number of thiophene rings is 1. The number of halogens is 1. The molecule has 0 spiro atoms. The van der Waals surface area contributed by atoms with Gasteiger partial charge in [0.2, 0.25) is 0 Å². The van der Waals surface area contributed by atoms with E-state index in [9.17, 15) is 4.79 Å². The number of alkyl halides is 1. The van der Waals surface area contributed by atoms with E-state index in [0.29, 0.717) is 13.1 Å². The SMILES string of the molecule is CC1(C)CN(C(=O)c2csc3ccccc23)CC(CBr)O1. The average Bonchev–Trinajstić information content (AvgIpc) is 2.88. The second-order valence-electron chi connectivity index (χ2n) is 5.99. The normalized spacial score (nSPS) is 21.7. The van der Waals surface area contributed by atoms with E-state index in [1.807, 2.05) is 42.3 Å². The number of ether oxygens (including phenoxy) is 1. The Balaban J connectivity index is 1.90. The van der Waals surface area contributed by atoms with Crippen LogP contribution in [0.5, 0.6) is 0 Å². The maximum atomic E-state index is 12.9. The van der Waals surface area contributed by atoms with Crippen LogP contribution in [0.25, 0.3) is 10.1 Å². The van der Waals surface area contributed by atoms with Crippen molar-refractivity contribution in [3.8, 4) is 0 Å². The van der Waals surface area contributed by atoms with Gasteiger partial charge in [-0.1, -0.05) is 34.1 Å². The zero-order valence-corrected chi connectivity index (χ0v) is 14.5. The number of carbonyl (C=O) groups excluding carboxylic acids is 1. The Morgan fingerprint density at radius 1 is 1.48 bits per heavy atom. The molecule has 3 rings (SSSR count). The van der Waals surface area contributed by atoms with E-state index < -0.39 is 0 Å². The number of hydrogen-bond acceptors (Lipinski definition) is 3. The maximum absolute atomic E-state index is 12.9. The average molecular weight is 368 g/mol. The quantitative estimate of drug-likeness (QED) is 0.752. The fraction of sp³-hybridized carbons (Fsp3) is 0.438. The van der Waals surface area contributed by atoms with Crippen LogP contribution >= 0.6 is 27.3 Å². The van der Waals surface area contributed by atoms with Crippen molar-refractivity contribution in [3.63, 3.8) is 0 Å². The van der Waals surface area contributed by atoms with Gasteiger partial charge in [-0.3, -0.25) is 4.79 Å². The Labute approximate surface area is 137 Å². The van der Waals surface area contributed by atoms with Gasteiger partial charge in [0.15, 0.2) is 0 Å². The molecule has 1 aromatic heterocycles. The lowest BCUT2D eigenvalue weighted by atomic mass is 10.0. The van der Waals surface area contributed by atoms with E-state index >= 15 is 0 Å². The van der Waals surface area contributed by atoms with Crippen LogP contribution in [0, 0.1) is 0 Å². The predicted octanol–water partition coefficient (Wildman–Crippen LogP) is 3.92. The maximum Gasteiger partial charge on any atom is 0.255 e. The summed E-state index contributed by atoms with van der Waals surface area (Å²) in [6, 6.07) is 8.07. The summed E-state index contributed by atoms with van der Waals surface area (Å²) in [5, 5.41) is 3.76. The second-order valence-corrected chi connectivity index (χ2v) is 7.54. The summed E-state index contributed by atoms with van der Waals surface area (Å²) in [7, 11) is 0. The monoisotopic (exact) mass is 367 g/mol. The van der Waals surface area contributed by atoms with Crippen molar-refractivity contribution >= 4 is 43.3 Å². The molecule has 0 N–H and O–H groups in total. The summed E-state index contributed by atoms with van der Waals surface area (Å²) in [5.41, 5.74) is 0.500. The highest BCUT2D eigenvalue weighted by atomic mass is 79.9. The number of amides is 1. The van der Waals surface area contributed by atoms with Crippen LogP contribution in [0.2, 0.25) is 0 Å². The summed E-state index contributed by atoms with van der Waals surface area (Å²) in [6.45, 7) is 5.33. The highest BCUT2D eigenvalue weighted by Gasteiger charge is 2.35. The molecule has 1 unspecified atom stereocenters. The number of nitrogens with zero attached hydrogens (tertiary/aromatic N) is 1. The molecule has 3 nitrogen and oxygen atoms in total. The number of morpholine rings is 1. The third kappa shape index (κ3) is 3.00. The van der Waals surface area contributed by atoms with Crippen LogP contribution in [0.4, 0.5) is 0 Å². The molecule has 21 heavy (non-hydrogen) atoms. The smallest absolute Gasteiger partial charge is 0.255 e. The molecule has 2 aromatic rings. The summed E-state index contributed by atoms with van der Waals surface area (Å²) < 4.78 is 7.13. The first kappa shape index (κ1) is 15.0. The summed E-state index contributed by atoms with van der Waals surface area (Å²) >= 11 is 5.09. The van der Waals surface area contributed by atoms with Gasteiger partial charge in [0, 0.05) is 33.9 Å². The minimum absolute atomic E-state index is 0.0441. The van der Waals surface area contributed by atoms with Crippen LogP contribution in [-0.4, -0.2) is 40.9 Å². The third-order valence-corrected chi connectivity index (χ3v) is 5.34. The van der Waals surface area contributed by atoms with Gasteiger partial charge in [-0.25, -0.2) is 0 Å². The van der Waals surface area contributed by atoms with Gasteiger partial charge in [0.1, 0.15) is 0 Å². The fourth-order valence-electron chi connectivity index (χ4n) is 2.84. The standard InChI is InChI=1S/C16H18BrNO2S/c1-16(2)10-18(8-11(7-17)20-16)15(19)13-9-21-14-6-4-3-5-12(13)14/h3-6,9,11H,7-8,10H2,1-2H3. The predicted molar refractivity (Wildman–Crippen MR) is 90.5 cm³/mol. The Hall–Kier alpha value is -0.910. The van der Waals surface area contributed by atoms with Crippen molar-refractivity contribution in [1.82, 2.24) is 4.90 Å². The molecule has 1 aliphatic rings. The number of hydrogen-bond donors (Lipinski definition) is 0. The number of rotatable bonds is 2. The van der Waals surface area contributed by atoms with Gasteiger partial charge in [-0.15, -0.1) is 11.3 Å². The fourth-order valence-corrected chi connectivity index (χ4v) is 4.12. The lowest BCUT2D eigenvalue weighted by Crippen LogP contribution is -2.55. The van der Waals surface area contributed by atoms with Crippen molar-refractivity contribution in [1.29, 1.82) is 0 Å². The first-order valence-corrected chi connectivity index (χ1v) is 8.99. The molecule has 1 atom stereocenters. The highest BCUT2D eigenvalue weighted by molar-refractivity contribution is 9.09. The number of fused-ring (bicyclic) bond motifs is 1. The second kappa shape index (κ2) is 5.71. The van der Waals surface area contributed by atoms with E-state index in [4.69, 9.17) is 4.74 Å². The zero-order valence-electron chi connectivity index (χ0n) is 12.1. The number of benzene rings is 1. The van der Waals surface area contributed by atoms with E-state index in [1.54, 1.807) is 11.3 Å². The van der Waals surface area contributed by atoms with Gasteiger partial charge in [0.25, 0.3) is 5.91 Å². The Bertz CT molecular complexity index is 667. The molecule has 1 amide bonds. The minimum atomic E-state index is -0.307. The molecule has 1 fully saturated rings. The van der Waals surface area contributed by atoms with Crippen molar-refractivity contribution in [2.75, 3.05) is 18.4 Å². The van der Waals surface area contributed by atoms with E-state index in [2.05, 4.69) is 22.0 Å². The van der Waals surface area contributed by atoms with E-state index in [0.717, 1.165) is 21.0 Å². The van der Waals surface area contributed by atoms with E-state index in [1.165, 1.54) is 0 Å². The Kier molecular flexibility index (Phi) is 4.08. The lowest BCUT2D eigenvalue weighted by molar-refractivity contribution is -0.116. The van der Waals surface area contributed by atoms with Gasteiger partial charge < -0.3 is 9.64 Å². The van der Waals surface area contributed by atoms with Crippen LogP contribution < -0.4 is 0 Å². The summed E-state index contributed by atoms with van der Waals surface area (Å²) in [4.78, 5) is 14.8. The Morgan fingerprint density at radius 3 is 3.00 bits per heavy atom. The molecule has 112 valence electrons. The van der Waals surface area contributed by atoms with Crippen molar-refractivity contribution < 1.29 is 9.53 Å². The van der Waals surface area contributed by atoms with E-state index in [-0.39, 0.29) is 17.6 Å². The molecule has 0 radical (unpaired) electrons. The molecule has 1 aliphatic heterocycles. The molecular formula is C16H18BrNO2S. The molecule has 1 aromatic carbocycles. The molecular weight excluding hydrogens is 350 g/mol. The molecule has 2 heterocycles. The first-order chi connectivity index (χ1) is 10.00.